The molecule has 27 heavy (non-hydrogen) atoms. The van der Waals surface area contributed by atoms with Crippen LogP contribution in [-0.4, -0.2) is 31.3 Å². The fourth-order valence-corrected chi connectivity index (χ4v) is 3.31. The number of aromatic nitrogens is 3. The number of hydrogen-bond donors (Lipinski definition) is 0. The average Bonchev–Trinajstić information content (AvgIpc) is 3.10. The van der Waals surface area contributed by atoms with Crippen LogP contribution in [0.5, 0.6) is 5.75 Å². The van der Waals surface area contributed by atoms with Gasteiger partial charge in [-0.1, -0.05) is 11.8 Å². The first-order chi connectivity index (χ1) is 13.1. The van der Waals surface area contributed by atoms with Gasteiger partial charge in [0.05, 0.1) is 10.6 Å². The summed E-state index contributed by atoms with van der Waals surface area (Å²) in [7, 11) is 0. The first-order valence-electron chi connectivity index (χ1n) is 7.88. The van der Waals surface area contributed by atoms with Crippen molar-refractivity contribution in [1.82, 2.24) is 14.9 Å². The van der Waals surface area contributed by atoms with Crippen LogP contribution in [0.2, 0.25) is 0 Å². The molecule has 2 heterocycles. The van der Waals surface area contributed by atoms with E-state index in [1.807, 2.05) is 0 Å². The molecule has 4 rings (SSSR count). The van der Waals surface area contributed by atoms with Crippen molar-refractivity contribution in [3.05, 3.63) is 75.9 Å². The number of ether oxygens (including phenoxy) is 1. The van der Waals surface area contributed by atoms with Gasteiger partial charge in [-0.3, -0.25) is 10.1 Å². The molecule has 136 valence electrons. The molecule has 0 radical (unpaired) electrons. The minimum Gasteiger partial charge on any atom is -0.486 e. The number of nitro groups is 1. The van der Waals surface area contributed by atoms with Gasteiger partial charge >= 0.3 is 0 Å². The summed E-state index contributed by atoms with van der Waals surface area (Å²) < 4.78 is 20.2. The lowest BCUT2D eigenvalue weighted by Gasteiger charge is -2.14. The second-order valence-electron chi connectivity index (χ2n) is 5.59. The number of benzene rings is 2. The van der Waals surface area contributed by atoms with Crippen LogP contribution in [-0.2, 0) is 6.61 Å². The van der Waals surface area contributed by atoms with Crippen molar-refractivity contribution in [2.75, 3.05) is 5.75 Å². The largest absolute Gasteiger partial charge is 0.486 e. The van der Waals surface area contributed by atoms with Crippen LogP contribution in [0.4, 0.5) is 10.1 Å². The molecule has 8 nitrogen and oxygen atoms in total. The lowest BCUT2D eigenvalue weighted by molar-refractivity contribution is -0.384. The van der Waals surface area contributed by atoms with Gasteiger partial charge in [-0.05, 0) is 42.0 Å². The minimum atomic E-state index is -0.440. The van der Waals surface area contributed by atoms with Crippen LogP contribution in [0.1, 0.15) is 11.4 Å². The molecule has 1 aromatic heterocycles. The molecule has 10 heteroatoms. The molecule has 0 aliphatic carbocycles. The Balaban J connectivity index is 1.55. The van der Waals surface area contributed by atoms with Gasteiger partial charge < -0.3 is 4.74 Å². The molecule has 2 aromatic carbocycles. The van der Waals surface area contributed by atoms with E-state index in [2.05, 4.69) is 15.3 Å². The maximum Gasteiger partial charge on any atom is 0.269 e. The molecule has 0 saturated heterocycles. The van der Waals surface area contributed by atoms with Crippen LogP contribution < -0.4 is 4.74 Å². The predicted octanol–water partition coefficient (Wildman–Crippen LogP) is 3.26. The zero-order chi connectivity index (χ0) is 18.8. The standard InChI is InChI=1S/C17H12FN5O3S/c18-12-3-7-14(8-4-12)26-9-16-19-20-17-22(16)21-15(10-27-17)11-1-5-13(6-2-11)23(24)25/h1-8H,9-10H2. The van der Waals surface area contributed by atoms with Crippen molar-refractivity contribution in [3.8, 4) is 5.75 Å². The number of non-ortho nitro benzene ring substituents is 1. The quantitative estimate of drug-likeness (QED) is 0.494. The van der Waals surface area contributed by atoms with Gasteiger partial charge in [-0.2, -0.15) is 9.78 Å². The van der Waals surface area contributed by atoms with Gasteiger partial charge in [0.1, 0.15) is 18.2 Å². The number of fused-ring (bicyclic) bond motifs is 1. The molecule has 0 spiro atoms. The normalized spacial score (nSPS) is 13.0. The van der Waals surface area contributed by atoms with E-state index in [4.69, 9.17) is 4.74 Å². The van der Waals surface area contributed by atoms with Crippen molar-refractivity contribution >= 4 is 23.2 Å². The average molecular weight is 385 g/mol. The molecule has 0 unspecified atom stereocenters. The van der Waals surface area contributed by atoms with Gasteiger partial charge in [-0.25, -0.2) is 4.39 Å². The third-order valence-electron chi connectivity index (χ3n) is 3.83. The van der Waals surface area contributed by atoms with Crippen molar-refractivity contribution in [2.24, 2.45) is 5.10 Å². The summed E-state index contributed by atoms with van der Waals surface area (Å²) in [6.45, 7) is 0.121. The first-order valence-corrected chi connectivity index (χ1v) is 8.87. The Hall–Kier alpha value is -3.27. The molecule has 1 aliphatic heterocycles. The Bertz CT molecular complexity index is 1020. The molecular weight excluding hydrogens is 373 g/mol. The monoisotopic (exact) mass is 385 g/mol. The van der Waals surface area contributed by atoms with E-state index in [1.54, 1.807) is 16.8 Å². The van der Waals surface area contributed by atoms with Crippen LogP contribution >= 0.6 is 11.8 Å². The SMILES string of the molecule is O=[N+]([O-])c1ccc(C2=Nn3c(COc4ccc(F)cc4)nnc3SC2)cc1. The second kappa shape index (κ2) is 7.16. The van der Waals surface area contributed by atoms with E-state index in [9.17, 15) is 14.5 Å². The maximum atomic E-state index is 13.0. The van der Waals surface area contributed by atoms with E-state index < -0.39 is 4.92 Å². The van der Waals surface area contributed by atoms with Crippen LogP contribution in [0, 0.1) is 15.9 Å². The fraction of sp³-hybridized carbons (Fsp3) is 0.118. The number of thioether (sulfide) groups is 1. The third-order valence-corrected chi connectivity index (χ3v) is 4.76. The summed E-state index contributed by atoms with van der Waals surface area (Å²) >= 11 is 1.47. The zero-order valence-corrected chi connectivity index (χ0v) is 14.6. The highest BCUT2D eigenvalue weighted by Crippen LogP contribution is 2.25. The van der Waals surface area contributed by atoms with E-state index in [0.717, 1.165) is 11.3 Å². The smallest absolute Gasteiger partial charge is 0.269 e. The highest BCUT2D eigenvalue weighted by molar-refractivity contribution is 7.99. The van der Waals surface area contributed by atoms with Crippen LogP contribution in [0.15, 0.2) is 58.8 Å². The Morgan fingerprint density at radius 1 is 1.15 bits per heavy atom. The van der Waals surface area contributed by atoms with Gasteiger partial charge in [0, 0.05) is 17.9 Å². The van der Waals surface area contributed by atoms with Gasteiger partial charge in [0.15, 0.2) is 5.82 Å². The van der Waals surface area contributed by atoms with Crippen LogP contribution in [0.3, 0.4) is 0 Å². The Morgan fingerprint density at radius 2 is 1.89 bits per heavy atom. The summed E-state index contributed by atoms with van der Waals surface area (Å²) in [5.74, 6) is 1.25. The highest BCUT2D eigenvalue weighted by Gasteiger charge is 2.20. The highest BCUT2D eigenvalue weighted by atomic mass is 32.2. The Morgan fingerprint density at radius 3 is 2.59 bits per heavy atom. The van der Waals surface area contributed by atoms with Gasteiger partial charge in [0.25, 0.3) is 5.69 Å². The van der Waals surface area contributed by atoms with Gasteiger partial charge in [-0.15, -0.1) is 10.2 Å². The number of nitrogens with zero attached hydrogens (tertiary/aromatic N) is 5. The predicted molar refractivity (Wildman–Crippen MR) is 96.5 cm³/mol. The molecule has 0 atom stereocenters. The topological polar surface area (TPSA) is 95.4 Å². The van der Waals surface area contributed by atoms with E-state index >= 15 is 0 Å². The summed E-state index contributed by atoms with van der Waals surface area (Å²) in [6, 6.07) is 11.9. The first kappa shape index (κ1) is 17.2. The molecule has 0 N–H and O–H groups in total. The third kappa shape index (κ3) is 3.65. The number of rotatable bonds is 5. The van der Waals surface area contributed by atoms with Crippen molar-refractivity contribution < 1.29 is 14.1 Å². The van der Waals surface area contributed by atoms with E-state index in [1.165, 1.54) is 48.2 Å². The van der Waals surface area contributed by atoms with Crippen molar-refractivity contribution in [1.29, 1.82) is 0 Å². The van der Waals surface area contributed by atoms with E-state index in [0.29, 0.717) is 22.5 Å². The lowest BCUT2D eigenvalue weighted by Crippen LogP contribution is -2.15. The molecular formula is C17H12FN5O3S. The zero-order valence-electron chi connectivity index (χ0n) is 13.8. The number of nitro benzene ring substituents is 1. The van der Waals surface area contributed by atoms with Crippen LogP contribution in [0.25, 0.3) is 0 Å². The number of hydrogen-bond acceptors (Lipinski definition) is 7. The van der Waals surface area contributed by atoms with E-state index in [-0.39, 0.29) is 18.1 Å². The fourth-order valence-electron chi connectivity index (χ4n) is 2.45. The molecule has 0 fully saturated rings. The molecule has 1 aliphatic rings. The molecule has 0 bridgehead atoms. The summed E-state index contributed by atoms with van der Waals surface area (Å²) in [5.41, 5.74) is 1.57. The molecule has 0 saturated carbocycles. The minimum absolute atomic E-state index is 0.0289. The molecule has 3 aromatic rings. The lowest BCUT2D eigenvalue weighted by atomic mass is 10.1. The van der Waals surface area contributed by atoms with Crippen molar-refractivity contribution in [2.45, 2.75) is 11.8 Å². The maximum absolute atomic E-state index is 13.0. The second-order valence-corrected chi connectivity index (χ2v) is 6.54. The van der Waals surface area contributed by atoms with Crippen molar-refractivity contribution in [3.63, 3.8) is 0 Å². The summed E-state index contributed by atoms with van der Waals surface area (Å²) in [5, 5.41) is 24.2. The summed E-state index contributed by atoms with van der Waals surface area (Å²) in [4.78, 5) is 10.3. The summed E-state index contributed by atoms with van der Waals surface area (Å²) in [6.07, 6.45) is 0. The Kier molecular flexibility index (Phi) is 4.55. The number of halogens is 1. The molecule has 0 amide bonds. The van der Waals surface area contributed by atoms with Gasteiger partial charge in [0.2, 0.25) is 5.16 Å². The Labute approximate surface area is 156 Å².